The maximum Gasteiger partial charge on any atom is 0.310 e. The van der Waals surface area contributed by atoms with E-state index < -0.39 is 41.0 Å². The number of hydrogen-bond acceptors (Lipinski definition) is 5. The van der Waals surface area contributed by atoms with Crippen molar-refractivity contribution in [1.82, 2.24) is 4.90 Å². The van der Waals surface area contributed by atoms with Gasteiger partial charge < -0.3 is 24.7 Å². The summed E-state index contributed by atoms with van der Waals surface area (Å²) in [5.74, 6) is -4.13. The topological polar surface area (TPSA) is 107 Å². The van der Waals surface area contributed by atoms with Crippen LogP contribution in [0.3, 0.4) is 0 Å². The van der Waals surface area contributed by atoms with Gasteiger partial charge in [0.2, 0.25) is 5.91 Å². The molecule has 0 aromatic heterocycles. The smallest absolute Gasteiger partial charge is 0.310 e. The highest BCUT2D eigenvalue weighted by molar-refractivity contribution is 6.05. The van der Waals surface area contributed by atoms with E-state index in [2.05, 4.69) is 6.58 Å². The van der Waals surface area contributed by atoms with Crippen LogP contribution in [-0.2, 0) is 19.1 Å². The molecule has 8 heteroatoms. The van der Waals surface area contributed by atoms with E-state index in [1.807, 2.05) is 49.4 Å². The van der Waals surface area contributed by atoms with Crippen LogP contribution in [0.25, 0.3) is 10.8 Å². The van der Waals surface area contributed by atoms with Crippen LogP contribution in [0.1, 0.15) is 20.3 Å². The fourth-order valence-corrected chi connectivity index (χ4v) is 6.69. The monoisotopic (exact) mass is 478 g/mol. The van der Waals surface area contributed by atoms with Gasteiger partial charge in [-0.2, -0.15) is 0 Å². The fourth-order valence-electron chi connectivity index (χ4n) is 6.69. The first-order chi connectivity index (χ1) is 16.7. The Kier molecular flexibility index (Phi) is 5.49. The molecule has 184 valence electrons. The Morgan fingerprint density at radius 3 is 2.63 bits per heavy atom. The molecule has 3 aliphatic heterocycles. The molecule has 1 spiro atoms. The van der Waals surface area contributed by atoms with Crippen LogP contribution in [0.15, 0.2) is 55.1 Å². The van der Waals surface area contributed by atoms with Crippen molar-refractivity contribution in [3.8, 4) is 0 Å². The van der Waals surface area contributed by atoms with E-state index in [9.17, 15) is 24.6 Å². The van der Waals surface area contributed by atoms with Crippen LogP contribution in [-0.4, -0.2) is 69.8 Å². The van der Waals surface area contributed by atoms with Gasteiger partial charge in [-0.05, 0) is 42.2 Å². The molecule has 3 fully saturated rings. The van der Waals surface area contributed by atoms with E-state index in [0.29, 0.717) is 12.1 Å². The largest absolute Gasteiger partial charge is 0.481 e. The van der Waals surface area contributed by atoms with Gasteiger partial charge in [0, 0.05) is 18.8 Å². The van der Waals surface area contributed by atoms with Crippen molar-refractivity contribution in [3.05, 3.63) is 55.1 Å². The summed E-state index contributed by atoms with van der Waals surface area (Å²) in [6.07, 6.45) is 2.01. The van der Waals surface area contributed by atoms with E-state index >= 15 is 0 Å². The number of carboxylic acid groups (broad SMARTS) is 1. The molecule has 5 rings (SSSR count). The minimum Gasteiger partial charge on any atom is -0.481 e. The zero-order valence-corrected chi connectivity index (χ0v) is 19.9. The third-order valence-corrected chi connectivity index (χ3v) is 8.28. The molecular weight excluding hydrogens is 448 g/mol. The van der Waals surface area contributed by atoms with E-state index in [-0.39, 0.29) is 31.5 Å². The van der Waals surface area contributed by atoms with Crippen LogP contribution in [0, 0.1) is 17.8 Å². The lowest BCUT2D eigenvalue weighted by Gasteiger charge is -2.37. The summed E-state index contributed by atoms with van der Waals surface area (Å²) in [5.41, 5.74) is -1.68. The van der Waals surface area contributed by atoms with Gasteiger partial charge in [-0.25, -0.2) is 0 Å². The number of carboxylic acids is 1. The van der Waals surface area contributed by atoms with E-state index in [1.54, 1.807) is 17.9 Å². The van der Waals surface area contributed by atoms with Crippen molar-refractivity contribution < 1.29 is 29.3 Å². The van der Waals surface area contributed by atoms with Gasteiger partial charge in [0.25, 0.3) is 5.91 Å². The normalized spacial score (nSPS) is 33.2. The molecule has 3 heterocycles. The number of fused-ring (bicyclic) bond motifs is 2. The number of rotatable bonds is 7. The number of aliphatic carboxylic acids is 1. The first kappa shape index (κ1) is 23.5. The Balaban J connectivity index is 1.62. The van der Waals surface area contributed by atoms with Gasteiger partial charge in [0.15, 0.2) is 0 Å². The molecule has 0 saturated carbocycles. The van der Waals surface area contributed by atoms with Crippen LogP contribution in [0.4, 0.5) is 5.69 Å². The highest BCUT2D eigenvalue weighted by Crippen LogP contribution is 2.65. The van der Waals surface area contributed by atoms with Gasteiger partial charge in [0.1, 0.15) is 17.6 Å². The number of aliphatic hydroxyl groups excluding tert-OH is 1. The Morgan fingerprint density at radius 2 is 1.97 bits per heavy atom. The number of benzene rings is 2. The molecule has 3 unspecified atom stereocenters. The zero-order valence-electron chi connectivity index (χ0n) is 19.9. The second-order valence-electron chi connectivity index (χ2n) is 10.1. The molecule has 3 saturated heterocycles. The van der Waals surface area contributed by atoms with Gasteiger partial charge >= 0.3 is 5.97 Å². The Bertz CT molecular complexity index is 1230. The highest BCUT2D eigenvalue weighted by atomic mass is 16.5. The SMILES string of the molecule is C=CCN(C(=O)C1N(CCO)C(=O)[C@@H]2[C@H](C(=O)O)[C@@]3(C)OC12CC3C)c1ccc2ccccc2c1. The van der Waals surface area contributed by atoms with Crippen molar-refractivity contribution in [3.63, 3.8) is 0 Å². The maximum absolute atomic E-state index is 14.3. The summed E-state index contributed by atoms with van der Waals surface area (Å²) in [7, 11) is 0. The number of anilines is 1. The second-order valence-corrected chi connectivity index (χ2v) is 10.1. The molecule has 3 aliphatic rings. The average molecular weight is 479 g/mol. The Labute approximate surface area is 203 Å². The van der Waals surface area contributed by atoms with Crippen molar-refractivity contribution >= 4 is 34.2 Å². The first-order valence-corrected chi connectivity index (χ1v) is 11.9. The molecule has 6 atom stereocenters. The third kappa shape index (κ3) is 3.16. The molecule has 8 nitrogen and oxygen atoms in total. The molecule has 0 aliphatic carbocycles. The minimum absolute atomic E-state index is 0.0755. The number of nitrogens with zero attached hydrogens (tertiary/aromatic N) is 2. The summed E-state index contributed by atoms with van der Waals surface area (Å²) < 4.78 is 6.47. The van der Waals surface area contributed by atoms with Crippen molar-refractivity contribution in [2.75, 3.05) is 24.6 Å². The first-order valence-electron chi connectivity index (χ1n) is 11.9. The molecule has 35 heavy (non-hydrogen) atoms. The van der Waals surface area contributed by atoms with Crippen LogP contribution < -0.4 is 4.90 Å². The highest BCUT2D eigenvalue weighted by Gasteiger charge is 2.80. The molecule has 2 amide bonds. The molecule has 0 radical (unpaired) electrons. The number of hydrogen-bond donors (Lipinski definition) is 2. The maximum atomic E-state index is 14.3. The minimum atomic E-state index is -1.27. The summed E-state index contributed by atoms with van der Waals surface area (Å²) in [6.45, 7) is 7.24. The lowest BCUT2D eigenvalue weighted by molar-refractivity contribution is -0.156. The second kappa shape index (κ2) is 8.17. The number of ether oxygens (including phenoxy) is 1. The Hall–Kier alpha value is -3.23. The van der Waals surface area contributed by atoms with Gasteiger partial charge in [0.05, 0.1) is 18.1 Å². The number of β-amino-alcohol motifs (C(OH)–C–C–N with tert-alkyl or cyclic N) is 1. The molecular formula is C27H30N2O6. The predicted octanol–water partition coefficient (Wildman–Crippen LogP) is 2.45. The van der Waals surface area contributed by atoms with Crippen LogP contribution in [0.5, 0.6) is 0 Å². The summed E-state index contributed by atoms with van der Waals surface area (Å²) in [5, 5.41) is 21.8. The standard InChI is InChI=1S/C27H30N2O6/c1-4-11-28(19-10-9-17-7-5-6-8-18(17)14-19)24(32)22-27-15-16(2)26(3,35-27)21(25(33)34)20(27)23(31)29(22)12-13-30/h4-10,14,16,20-22,30H,1,11-13,15H2,2-3H3,(H,33,34)/t16?,20-,21+,22?,26-,27?/m0/s1. The number of amides is 2. The van der Waals surface area contributed by atoms with Crippen LogP contribution >= 0.6 is 0 Å². The number of likely N-dealkylation sites (tertiary alicyclic amines) is 1. The quantitative estimate of drug-likeness (QED) is 0.592. The molecule has 2 N–H and O–H groups in total. The van der Waals surface area contributed by atoms with Gasteiger partial charge in [-0.15, -0.1) is 6.58 Å². The van der Waals surface area contributed by atoms with Gasteiger partial charge in [-0.3, -0.25) is 14.4 Å². The van der Waals surface area contributed by atoms with Crippen LogP contribution in [0.2, 0.25) is 0 Å². The van der Waals surface area contributed by atoms with E-state index in [1.165, 1.54) is 4.90 Å². The number of carbonyl (C=O) groups excluding carboxylic acids is 2. The summed E-state index contributed by atoms with van der Waals surface area (Å²) >= 11 is 0. The lowest BCUT2D eigenvalue weighted by Crippen LogP contribution is -2.57. The van der Waals surface area contributed by atoms with Crippen molar-refractivity contribution in [1.29, 1.82) is 0 Å². The zero-order chi connectivity index (χ0) is 25.1. The number of carbonyl (C=O) groups is 3. The molecule has 2 aromatic carbocycles. The lowest BCUT2D eigenvalue weighted by atomic mass is 9.62. The molecule has 2 aromatic rings. The molecule has 2 bridgehead atoms. The average Bonchev–Trinajstić information content (AvgIpc) is 3.34. The summed E-state index contributed by atoms with van der Waals surface area (Å²) in [6, 6.07) is 12.5. The van der Waals surface area contributed by atoms with E-state index in [4.69, 9.17) is 4.74 Å². The summed E-state index contributed by atoms with van der Waals surface area (Å²) in [4.78, 5) is 43.1. The van der Waals surface area contributed by atoms with Crippen molar-refractivity contribution in [2.45, 2.75) is 37.5 Å². The van der Waals surface area contributed by atoms with E-state index in [0.717, 1.165) is 10.8 Å². The van der Waals surface area contributed by atoms with Crippen molar-refractivity contribution in [2.24, 2.45) is 17.8 Å². The Morgan fingerprint density at radius 1 is 1.26 bits per heavy atom. The fraction of sp³-hybridized carbons (Fsp3) is 0.444. The number of aliphatic hydroxyl groups is 1. The third-order valence-electron chi connectivity index (χ3n) is 8.28. The predicted molar refractivity (Wildman–Crippen MR) is 130 cm³/mol. The van der Waals surface area contributed by atoms with Gasteiger partial charge in [-0.1, -0.05) is 43.3 Å².